The average Bonchev–Trinajstić information content (AvgIpc) is 3.50. The number of nitrogens with one attached hydrogen (secondary N) is 3. The topological polar surface area (TPSA) is 104 Å². The highest BCUT2D eigenvalue weighted by molar-refractivity contribution is 7.92. The standard InChI is InChI=1S/C22H27N3O4S/c1-4-15(2)23-21(27)22(13-14-22)17-5-7-19(8-6-17)25-30(28,29)20-11-9-18(10-12-20)24-16(3)26/h5-12,15,25H,4,13-14H2,1-3H3,(H,23,27)(H,24,26)/t15-/m1/s1. The maximum absolute atomic E-state index is 12.6. The summed E-state index contributed by atoms with van der Waals surface area (Å²) >= 11 is 0. The average molecular weight is 430 g/mol. The molecule has 2 aromatic carbocycles. The fraction of sp³-hybridized carbons (Fsp3) is 0.364. The third-order valence-electron chi connectivity index (χ3n) is 5.35. The van der Waals surface area contributed by atoms with Crippen LogP contribution in [-0.2, 0) is 25.0 Å². The first-order valence-corrected chi connectivity index (χ1v) is 11.5. The van der Waals surface area contributed by atoms with Crippen molar-refractivity contribution in [2.24, 2.45) is 0 Å². The van der Waals surface area contributed by atoms with Crippen molar-refractivity contribution in [3.63, 3.8) is 0 Å². The van der Waals surface area contributed by atoms with Crippen LogP contribution in [-0.4, -0.2) is 26.3 Å². The van der Waals surface area contributed by atoms with Crippen LogP contribution in [0.3, 0.4) is 0 Å². The number of sulfonamides is 1. The van der Waals surface area contributed by atoms with Crippen molar-refractivity contribution >= 4 is 33.2 Å². The monoisotopic (exact) mass is 429 g/mol. The molecule has 0 saturated heterocycles. The third kappa shape index (κ3) is 4.81. The summed E-state index contributed by atoms with van der Waals surface area (Å²) in [7, 11) is -3.77. The van der Waals surface area contributed by atoms with Gasteiger partial charge in [0.05, 0.1) is 10.3 Å². The number of carbonyl (C=O) groups is 2. The Morgan fingerprint density at radius 2 is 1.57 bits per heavy atom. The first kappa shape index (κ1) is 21.8. The number of anilines is 2. The number of amides is 2. The quantitative estimate of drug-likeness (QED) is 0.598. The number of hydrogen-bond acceptors (Lipinski definition) is 4. The van der Waals surface area contributed by atoms with E-state index in [2.05, 4.69) is 15.4 Å². The van der Waals surface area contributed by atoms with Gasteiger partial charge in [-0.15, -0.1) is 0 Å². The zero-order valence-corrected chi connectivity index (χ0v) is 18.2. The van der Waals surface area contributed by atoms with Crippen LogP contribution in [0.2, 0.25) is 0 Å². The fourth-order valence-corrected chi connectivity index (χ4v) is 4.29. The molecule has 0 heterocycles. The van der Waals surface area contributed by atoms with Crippen molar-refractivity contribution in [3.05, 3.63) is 54.1 Å². The first-order valence-electron chi connectivity index (χ1n) is 9.98. The Bertz CT molecular complexity index is 1030. The molecule has 1 atom stereocenters. The molecular formula is C22H27N3O4S. The molecule has 2 amide bonds. The van der Waals surface area contributed by atoms with Gasteiger partial charge in [0.25, 0.3) is 10.0 Å². The molecule has 0 radical (unpaired) electrons. The SMILES string of the molecule is CC[C@@H](C)NC(=O)C1(c2ccc(NS(=O)(=O)c3ccc(NC(C)=O)cc3)cc2)CC1. The highest BCUT2D eigenvalue weighted by atomic mass is 32.2. The molecule has 2 aromatic rings. The van der Waals surface area contributed by atoms with Crippen molar-refractivity contribution in [3.8, 4) is 0 Å². The second kappa shape index (κ2) is 8.47. The second-order valence-electron chi connectivity index (χ2n) is 7.75. The van der Waals surface area contributed by atoms with Gasteiger partial charge in [-0.05, 0) is 68.1 Å². The van der Waals surface area contributed by atoms with Crippen LogP contribution in [0.15, 0.2) is 53.4 Å². The summed E-state index contributed by atoms with van der Waals surface area (Å²) < 4.78 is 27.8. The summed E-state index contributed by atoms with van der Waals surface area (Å²) in [5.41, 5.74) is 1.34. The maximum atomic E-state index is 12.6. The third-order valence-corrected chi connectivity index (χ3v) is 6.75. The van der Waals surface area contributed by atoms with Crippen molar-refractivity contribution in [2.45, 2.75) is 56.4 Å². The molecule has 0 spiro atoms. The Morgan fingerprint density at radius 1 is 1.00 bits per heavy atom. The van der Waals surface area contributed by atoms with E-state index >= 15 is 0 Å². The van der Waals surface area contributed by atoms with Gasteiger partial charge >= 0.3 is 0 Å². The van der Waals surface area contributed by atoms with Crippen LogP contribution >= 0.6 is 0 Å². The molecule has 1 saturated carbocycles. The number of carbonyl (C=O) groups excluding carboxylic acids is 2. The number of benzene rings is 2. The zero-order chi connectivity index (χ0) is 21.9. The Kier molecular flexibility index (Phi) is 6.17. The molecule has 0 bridgehead atoms. The molecule has 1 aliphatic rings. The van der Waals surface area contributed by atoms with E-state index in [1.165, 1.54) is 31.2 Å². The van der Waals surface area contributed by atoms with Crippen LogP contribution in [0.1, 0.15) is 45.6 Å². The van der Waals surface area contributed by atoms with Crippen LogP contribution < -0.4 is 15.4 Å². The Hall–Kier alpha value is -2.87. The minimum atomic E-state index is -3.77. The van der Waals surface area contributed by atoms with Crippen molar-refractivity contribution in [1.29, 1.82) is 0 Å². The molecule has 30 heavy (non-hydrogen) atoms. The minimum absolute atomic E-state index is 0.0319. The van der Waals surface area contributed by atoms with Crippen LogP contribution in [0.4, 0.5) is 11.4 Å². The van der Waals surface area contributed by atoms with Crippen molar-refractivity contribution in [1.82, 2.24) is 5.32 Å². The molecule has 7 nitrogen and oxygen atoms in total. The van der Waals surface area contributed by atoms with Gasteiger partial charge in [-0.2, -0.15) is 0 Å². The smallest absolute Gasteiger partial charge is 0.261 e. The van der Waals surface area contributed by atoms with E-state index in [9.17, 15) is 18.0 Å². The molecule has 160 valence electrons. The summed E-state index contributed by atoms with van der Waals surface area (Å²) in [4.78, 5) is 23.8. The molecule has 0 aromatic heterocycles. The van der Waals surface area contributed by atoms with Gasteiger partial charge in [-0.1, -0.05) is 19.1 Å². The van der Waals surface area contributed by atoms with Crippen LogP contribution in [0.5, 0.6) is 0 Å². The van der Waals surface area contributed by atoms with E-state index in [0.29, 0.717) is 11.4 Å². The second-order valence-corrected chi connectivity index (χ2v) is 9.44. The van der Waals surface area contributed by atoms with Gasteiger partial charge in [-0.3, -0.25) is 14.3 Å². The van der Waals surface area contributed by atoms with Gasteiger partial charge in [0, 0.05) is 24.3 Å². The van der Waals surface area contributed by atoms with Gasteiger partial charge in [0.15, 0.2) is 0 Å². The lowest BCUT2D eigenvalue weighted by Crippen LogP contribution is -2.39. The molecule has 0 aliphatic heterocycles. The zero-order valence-electron chi connectivity index (χ0n) is 17.4. The summed E-state index contributed by atoms with van der Waals surface area (Å²) in [6.45, 7) is 5.39. The lowest BCUT2D eigenvalue weighted by molar-refractivity contribution is -0.124. The molecule has 1 fully saturated rings. The summed E-state index contributed by atoms with van der Waals surface area (Å²) in [5.74, 6) is -0.195. The maximum Gasteiger partial charge on any atom is 0.261 e. The minimum Gasteiger partial charge on any atom is -0.353 e. The van der Waals surface area contributed by atoms with Gasteiger partial charge in [0.2, 0.25) is 11.8 Å². The van der Waals surface area contributed by atoms with Crippen molar-refractivity contribution < 1.29 is 18.0 Å². The predicted molar refractivity (Wildman–Crippen MR) is 117 cm³/mol. The lowest BCUT2D eigenvalue weighted by atomic mass is 9.94. The highest BCUT2D eigenvalue weighted by Crippen LogP contribution is 2.48. The molecule has 1 aliphatic carbocycles. The van der Waals surface area contributed by atoms with Gasteiger partial charge in [-0.25, -0.2) is 8.42 Å². The molecule has 3 rings (SSSR count). The Labute approximate surface area is 177 Å². The number of rotatable bonds is 8. The molecule has 0 unspecified atom stereocenters. The summed E-state index contributed by atoms with van der Waals surface area (Å²) in [5, 5.41) is 5.64. The largest absolute Gasteiger partial charge is 0.353 e. The Balaban J connectivity index is 1.71. The van der Waals surface area contributed by atoms with E-state index in [1.807, 2.05) is 13.8 Å². The lowest BCUT2D eigenvalue weighted by Gasteiger charge is -2.19. The fourth-order valence-electron chi connectivity index (χ4n) is 3.23. The van der Waals surface area contributed by atoms with E-state index in [1.54, 1.807) is 24.3 Å². The molecule has 8 heteroatoms. The Morgan fingerprint density at radius 3 is 2.07 bits per heavy atom. The van der Waals surface area contributed by atoms with Gasteiger partial charge < -0.3 is 10.6 Å². The summed E-state index contributed by atoms with van der Waals surface area (Å²) in [6.07, 6.45) is 2.45. The highest BCUT2D eigenvalue weighted by Gasteiger charge is 2.51. The molecular weight excluding hydrogens is 402 g/mol. The predicted octanol–water partition coefficient (Wildman–Crippen LogP) is 3.39. The molecule has 3 N–H and O–H groups in total. The van der Waals surface area contributed by atoms with Crippen LogP contribution in [0, 0.1) is 0 Å². The van der Waals surface area contributed by atoms with Gasteiger partial charge in [0.1, 0.15) is 0 Å². The normalized spacial score (nSPS) is 15.7. The first-order chi connectivity index (χ1) is 14.2. The van der Waals surface area contributed by atoms with Crippen molar-refractivity contribution in [2.75, 3.05) is 10.0 Å². The van der Waals surface area contributed by atoms with E-state index in [-0.39, 0.29) is 22.8 Å². The number of hydrogen-bond donors (Lipinski definition) is 3. The van der Waals surface area contributed by atoms with E-state index in [4.69, 9.17) is 0 Å². The summed E-state index contributed by atoms with van der Waals surface area (Å²) in [6, 6.07) is 13.0. The van der Waals surface area contributed by atoms with E-state index < -0.39 is 15.4 Å². The van der Waals surface area contributed by atoms with Crippen LogP contribution in [0.25, 0.3) is 0 Å². The van der Waals surface area contributed by atoms with E-state index in [0.717, 1.165) is 24.8 Å².